The van der Waals surface area contributed by atoms with Crippen LogP contribution in [-0.2, 0) is 6.18 Å². The summed E-state index contributed by atoms with van der Waals surface area (Å²) < 4.78 is 40.9. The van der Waals surface area contributed by atoms with Crippen LogP contribution < -0.4 is 0 Å². The van der Waals surface area contributed by atoms with Crippen LogP contribution in [0.3, 0.4) is 0 Å². The molecule has 4 rings (SSSR count). The number of alkyl halides is 3. The van der Waals surface area contributed by atoms with Gasteiger partial charge in [-0.15, -0.1) is 0 Å². The molecule has 0 amide bonds. The number of benzene rings is 3. The van der Waals surface area contributed by atoms with Gasteiger partial charge in [0.05, 0.1) is 0 Å². The number of hydrogen-bond acceptors (Lipinski definition) is 0. The molecule has 0 atom stereocenters. The van der Waals surface area contributed by atoms with Crippen LogP contribution >= 0.6 is 0 Å². The zero-order chi connectivity index (χ0) is 18.9. The minimum atomic E-state index is -4.31. The van der Waals surface area contributed by atoms with Gasteiger partial charge in [-0.3, -0.25) is 0 Å². The quantitative estimate of drug-likeness (QED) is 0.317. The van der Waals surface area contributed by atoms with Gasteiger partial charge in [-0.05, 0) is 0 Å². The van der Waals surface area contributed by atoms with Crippen molar-refractivity contribution in [3.8, 4) is 31.1 Å². The number of halogens is 3. The van der Waals surface area contributed by atoms with Gasteiger partial charge in [0, 0.05) is 0 Å². The summed E-state index contributed by atoms with van der Waals surface area (Å²) in [5.41, 5.74) is 3.67. The Bertz CT molecular complexity index is 974. The summed E-state index contributed by atoms with van der Waals surface area (Å²) in [6.07, 6.45) is -4.31. The van der Waals surface area contributed by atoms with Gasteiger partial charge in [0.1, 0.15) is 0 Å². The van der Waals surface area contributed by atoms with Crippen molar-refractivity contribution in [1.82, 2.24) is 0 Å². The average molecular weight is 427 g/mol. The van der Waals surface area contributed by atoms with E-state index in [1.54, 1.807) is 12.1 Å². The third kappa shape index (κ3) is 3.78. The van der Waals surface area contributed by atoms with Crippen LogP contribution in [0.5, 0.6) is 0 Å². The molecule has 0 saturated heterocycles. The molecule has 4 heteroatoms. The molecule has 1 aromatic heterocycles. The first-order chi connectivity index (χ1) is 13.0. The summed E-state index contributed by atoms with van der Waals surface area (Å²) in [6.45, 7) is 0. The van der Waals surface area contributed by atoms with E-state index in [-0.39, 0.29) is 14.5 Å². The molecule has 0 bridgehead atoms. The first-order valence-electron chi connectivity index (χ1n) is 8.45. The van der Waals surface area contributed by atoms with Gasteiger partial charge in [-0.2, -0.15) is 0 Å². The average Bonchev–Trinajstić information content (AvgIpc) is 3.14. The van der Waals surface area contributed by atoms with Gasteiger partial charge < -0.3 is 0 Å². The topological polar surface area (TPSA) is 0 Å². The maximum atomic E-state index is 12.8. The van der Waals surface area contributed by atoms with Crippen molar-refractivity contribution in [1.29, 1.82) is 0 Å². The van der Waals surface area contributed by atoms with Crippen molar-refractivity contribution < 1.29 is 13.2 Å². The summed E-state index contributed by atoms with van der Waals surface area (Å²) in [5, 5.41) is 0. The minimum absolute atomic E-state index is 0.0201. The van der Waals surface area contributed by atoms with E-state index >= 15 is 0 Å². The fourth-order valence-electron chi connectivity index (χ4n) is 2.99. The fraction of sp³-hybridized carbons (Fsp3) is 0.0435. The molecule has 0 N–H and O–H groups in total. The Balaban J connectivity index is 1.82. The van der Waals surface area contributed by atoms with Crippen molar-refractivity contribution in [3.05, 3.63) is 96.6 Å². The molecule has 4 aromatic rings. The molecule has 27 heavy (non-hydrogen) atoms. The second-order valence-electron chi connectivity index (χ2n) is 6.16. The Kier molecular flexibility index (Phi) is 4.77. The second kappa shape index (κ2) is 7.22. The van der Waals surface area contributed by atoms with Gasteiger partial charge in [0.25, 0.3) is 0 Å². The first kappa shape index (κ1) is 17.8. The molecule has 0 saturated carbocycles. The summed E-state index contributed by atoms with van der Waals surface area (Å²) >= 11 is 0.0201. The van der Waals surface area contributed by atoms with Crippen molar-refractivity contribution in [2.24, 2.45) is 0 Å². The van der Waals surface area contributed by atoms with Crippen molar-refractivity contribution in [2.75, 3.05) is 0 Å². The molecule has 0 aliphatic carbocycles. The van der Waals surface area contributed by atoms with E-state index in [2.05, 4.69) is 30.3 Å². The van der Waals surface area contributed by atoms with Crippen molar-refractivity contribution >= 4 is 14.5 Å². The van der Waals surface area contributed by atoms with E-state index in [4.69, 9.17) is 0 Å². The van der Waals surface area contributed by atoms with Crippen LogP contribution in [0.1, 0.15) is 5.56 Å². The number of rotatable bonds is 3. The molecule has 0 unspecified atom stereocenters. The number of hydrogen-bond donors (Lipinski definition) is 0. The Morgan fingerprint density at radius 3 is 1.70 bits per heavy atom. The van der Waals surface area contributed by atoms with Crippen molar-refractivity contribution in [2.45, 2.75) is 6.18 Å². The van der Waals surface area contributed by atoms with E-state index in [0.717, 1.165) is 38.8 Å². The SMILES string of the molecule is FC(F)(F)c1ccc(-c2cc(-c3ccccc3)c(-c3ccccc3)[se]2)cc1. The summed E-state index contributed by atoms with van der Waals surface area (Å²) in [4.78, 5) is 0. The van der Waals surface area contributed by atoms with Crippen molar-refractivity contribution in [3.63, 3.8) is 0 Å². The maximum absolute atomic E-state index is 12.8. The van der Waals surface area contributed by atoms with E-state index in [0.29, 0.717) is 0 Å². The molecular formula is C23H15F3Se. The molecule has 0 radical (unpaired) electrons. The first-order valence-corrected chi connectivity index (χ1v) is 10.2. The van der Waals surface area contributed by atoms with Crippen LogP contribution in [0, 0.1) is 0 Å². The normalized spacial score (nSPS) is 11.5. The Morgan fingerprint density at radius 2 is 1.15 bits per heavy atom. The summed E-state index contributed by atoms with van der Waals surface area (Å²) in [7, 11) is 0. The van der Waals surface area contributed by atoms with Crippen LogP contribution in [0.4, 0.5) is 13.2 Å². The molecule has 134 valence electrons. The molecule has 0 aliphatic heterocycles. The van der Waals surface area contributed by atoms with Crippen LogP contribution in [0.25, 0.3) is 31.1 Å². The van der Waals surface area contributed by atoms with Crippen LogP contribution in [0.2, 0.25) is 0 Å². The van der Waals surface area contributed by atoms with Crippen LogP contribution in [0.15, 0.2) is 91.0 Å². The molecule has 0 fully saturated rings. The van der Waals surface area contributed by atoms with E-state index in [9.17, 15) is 13.2 Å². The molecule has 0 nitrogen and oxygen atoms in total. The van der Waals surface area contributed by atoms with E-state index < -0.39 is 11.7 Å². The van der Waals surface area contributed by atoms with Gasteiger partial charge in [0.15, 0.2) is 0 Å². The molecular weight excluding hydrogens is 412 g/mol. The van der Waals surface area contributed by atoms with Crippen LogP contribution in [-0.4, -0.2) is 14.5 Å². The Morgan fingerprint density at radius 1 is 0.593 bits per heavy atom. The van der Waals surface area contributed by atoms with Gasteiger partial charge >= 0.3 is 162 Å². The third-order valence-electron chi connectivity index (χ3n) is 4.35. The summed E-state index contributed by atoms with van der Waals surface area (Å²) in [5.74, 6) is 0. The molecule has 1 heterocycles. The van der Waals surface area contributed by atoms with E-state index in [1.807, 2.05) is 36.4 Å². The zero-order valence-corrected chi connectivity index (χ0v) is 15.9. The van der Waals surface area contributed by atoms with Gasteiger partial charge in [-0.1, -0.05) is 0 Å². The Hall–Kier alpha value is -2.55. The predicted molar refractivity (Wildman–Crippen MR) is 105 cm³/mol. The monoisotopic (exact) mass is 428 g/mol. The Labute approximate surface area is 161 Å². The van der Waals surface area contributed by atoms with Gasteiger partial charge in [-0.25, -0.2) is 0 Å². The fourth-order valence-corrected chi connectivity index (χ4v) is 5.49. The third-order valence-corrected chi connectivity index (χ3v) is 6.94. The zero-order valence-electron chi connectivity index (χ0n) is 14.2. The van der Waals surface area contributed by atoms with Gasteiger partial charge in [0.2, 0.25) is 0 Å². The summed E-state index contributed by atoms with van der Waals surface area (Å²) in [6, 6.07) is 27.9. The molecule has 0 aliphatic rings. The second-order valence-corrected chi connectivity index (χ2v) is 8.37. The predicted octanol–water partition coefficient (Wildman–Crippen LogP) is 6.76. The standard InChI is InChI=1S/C23H15F3Se/c24-23(25,26)19-13-11-17(12-14-19)21-15-20(16-7-3-1-4-8-16)22(27-21)18-9-5-2-6-10-18/h1-15H. The van der Waals surface area contributed by atoms with E-state index in [1.165, 1.54) is 4.44 Å². The molecule has 3 aromatic carbocycles. The molecule has 0 spiro atoms.